The molecular weight excluding hydrogens is 230 g/mol. The summed E-state index contributed by atoms with van der Waals surface area (Å²) < 4.78 is 0. The van der Waals surface area contributed by atoms with Crippen molar-refractivity contribution >= 4 is 0 Å². The van der Waals surface area contributed by atoms with Crippen LogP contribution in [0, 0.1) is 12.3 Å². The lowest BCUT2D eigenvalue weighted by Crippen LogP contribution is -2.49. The summed E-state index contributed by atoms with van der Waals surface area (Å²) in [5.41, 5.74) is 3.45. The Morgan fingerprint density at radius 2 is 2.00 bits per heavy atom. The molecule has 2 aliphatic carbocycles. The Labute approximate surface area is 117 Å². The van der Waals surface area contributed by atoms with Crippen LogP contribution >= 0.6 is 0 Å². The Morgan fingerprint density at radius 1 is 1.21 bits per heavy atom. The molecule has 1 nitrogen and oxygen atoms in total. The predicted molar refractivity (Wildman–Crippen MR) is 81.5 cm³/mol. The van der Waals surface area contributed by atoms with Crippen LogP contribution in [-0.2, 0) is 0 Å². The molecule has 1 atom stereocenters. The first kappa shape index (κ1) is 13.2. The maximum absolute atomic E-state index is 3.92. The molecule has 0 saturated heterocycles. The second-order valence-corrected chi connectivity index (χ2v) is 7.38. The van der Waals surface area contributed by atoms with Crippen molar-refractivity contribution in [1.29, 1.82) is 0 Å². The van der Waals surface area contributed by atoms with E-state index in [0.29, 0.717) is 5.41 Å². The van der Waals surface area contributed by atoms with Crippen LogP contribution in [-0.4, -0.2) is 12.1 Å². The average molecular weight is 257 g/mol. The fourth-order valence-corrected chi connectivity index (χ4v) is 3.87. The zero-order valence-electron chi connectivity index (χ0n) is 12.6. The van der Waals surface area contributed by atoms with Gasteiger partial charge in [0.25, 0.3) is 0 Å². The summed E-state index contributed by atoms with van der Waals surface area (Å²) in [7, 11) is 0. The second kappa shape index (κ2) is 4.94. The number of hydrogen-bond donors (Lipinski definition) is 1. The lowest BCUT2D eigenvalue weighted by atomic mass is 9.74. The van der Waals surface area contributed by atoms with Crippen molar-refractivity contribution in [1.82, 2.24) is 5.32 Å². The largest absolute Gasteiger partial charge is 0.311 e. The molecule has 1 N–H and O–H groups in total. The van der Waals surface area contributed by atoms with E-state index in [9.17, 15) is 0 Å². The number of hydrogen-bond acceptors (Lipinski definition) is 1. The first-order chi connectivity index (χ1) is 9.04. The number of rotatable bonds is 3. The molecule has 1 unspecified atom stereocenters. The minimum absolute atomic E-state index is 0.508. The van der Waals surface area contributed by atoms with Crippen LogP contribution in [0.25, 0.3) is 0 Å². The van der Waals surface area contributed by atoms with Crippen LogP contribution in [0.15, 0.2) is 24.3 Å². The third-order valence-corrected chi connectivity index (χ3v) is 5.35. The van der Waals surface area contributed by atoms with Gasteiger partial charge in [0.05, 0.1) is 0 Å². The van der Waals surface area contributed by atoms with Gasteiger partial charge in [0.15, 0.2) is 0 Å². The highest BCUT2D eigenvalue weighted by Gasteiger charge is 2.38. The van der Waals surface area contributed by atoms with E-state index in [1.54, 1.807) is 5.56 Å². The van der Waals surface area contributed by atoms with Gasteiger partial charge in [-0.25, -0.2) is 0 Å². The summed E-state index contributed by atoms with van der Waals surface area (Å²) in [6.45, 7) is 7.04. The van der Waals surface area contributed by atoms with E-state index in [1.807, 2.05) is 0 Å². The molecule has 3 rings (SSSR count). The Bertz CT molecular complexity index is 443. The van der Waals surface area contributed by atoms with Crippen molar-refractivity contribution in [3.05, 3.63) is 35.4 Å². The molecular formula is C18H27N. The van der Waals surface area contributed by atoms with Gasteiger partial charge >= 0.3 is 0 Å². The first-order valence-corrected chi connectivity index (χ1v) is 7.87. The minimum Gasteiger partial charge on any atom is -0.311 e. The Hall–Kier alpha value is -0.820. The molecule has 0 spiro atoms. The van der Waals surface area contributed by atoms with Crippen molar-refractivity contribution in [2.24, 2.45) is 5.41 Å². The summed E-state index contributed by atoms with van der Waals surface area (Å²) in [5, 5.41) is 3.92. The van der Waals surface area contributed by atoms with E-state index in [-0.39, 0.29) is 0 Å². The maximum atomic E-state index is 3.92. The van der Waals surface area contributed by atoms with Crippen molar-refractivity contribution in [3.63, 3.8) is 0 Å². The van der Waals surface area contributed by atoms with Crippen molar-refractivity contribution in [3.8, 4) is 0 Å². The third kappa shape index (κ3) is 2.72. The summed E-state index contributed by atoms with van der Waals surface area (Å²) in [5.74, 6) is 0.793. The zero-order valence-corrected chi connectivity index (χ0v) is 12.6. The number of benzene rings is 1. The van der Waals surface area contributed by atoms with E-state index >= 15 is 0 Å². The summed E-state index contributed by atoms with van der Waals surface area (Å²) >= 11 is 0. The van der Waals surface area contributed by atoms with Gasteiger partial charge in [-0.3, -0.25) is 0 Å². The number of aryl methyl sites for hydroxylation is 1. The molecule has 1 aromatic carbocycles. The van der Waals surface area contributed by atoms with Gasteiger partial charge in [-0.1, -0.05) is 50.1 Å². The maximum Gasteiger partial charge on any atom is 0.0121 e. The summed E-state index contributed by atoms with van der Waals surface area (Å²) in [6.07, 6.45) is 6.82. The molecule has 19 heavy (non-hydrogen) atoms. The number of nitrogens with one attached hydrogen (secondary N) is 1. The van der Waals surface area contributed by atoms with Crippen LogP contribution in [0.2, 0.25) is 0 Å². The van der Waals surface area contributed by atoms with Crippen LogP contribution in [0.3, 0.4) is 0 Å². The van der Waals surface area contributed by atoms with Gasteiger partial charge in [0.1, 0.15) is 0 Å². The zero-order chi connectivity index (χ0) is 13.5. The van der Waals surface area contributed by atoms with E-state index in [1.165, 1.54) is 37.7 Å². The van der Waals surface area contributed by atoms with Gasteiger partial charge in [-0.05, 0) is 49.5 Å². The van der Waals surface area contributed by atoms with Gasteiger partial charge < -0.3 is 5.32 Å². The van der Waals surface area contributed by atoms with Gasteiger partial charge in [0, 0.05) is 12.1 Å². The highest BCUT2D eigenvalue weighted by molar-refractivity contribution is 5.27. The van der Waals surface area contributed by atoms with Crippen molar-refractivity contribution in [2.45, 2.75) is 70.9 Å². The molecule has 2 aliphatic rings. The van der Waals surface area contributed by atoms with Crippen molar-refractivity contribution in [2.75, 3.05) is 0 Å². The molecule has 0 aliphatic heterocycles. The highest BCUT2D eigenvalue weighted by atomic mass is 15.0. The molecule has 0 radical (unpaired) electrons. The SMILES string of the molecule is Cc1cccc(C2CC(NC3CCCC3(C)C)C2)c1. The first-order valence-electron chi connectivity index (χ1n) is 7.87. The van der Waals surface area contributed by atoms with E-state index in [2.05, 4.69) is 50.4 Å². The fourth-order valence-electron chi connectivity index (χ4n) is 3.87. The quantitative estimate of drug-likeness (QED) is 0.845. The normalized spacial score (nSPS) is 33.1. The molecule has 0 heterocycles. The second-order valence-electron chi connectivity index (χ2n) is 7.38. The van der Waals surface area contributed by atoms with Crippen LogP contribution in [0.5, 0.6) is 0 Å². The van der Waals surface area contributed by atoms with Crippen molar-refractivity contribution < 1.29 is 0 Å². The molecule has 104 valence electrons. The standard InChI is InChI=1S/C18H27N/c1-13-6-4-7-14(10-13)15-11-16(12-15)19-17-8-5-9-18(17,2)3/h4,6-7,10,15-17,19H,5,8-9,11-12H2,1-3H3. The lowest BCUT2D eigenvalue weighted by Gasteiger charge is -2.41. The molecule has 1 aromatic rings. The molecule has 2 fully saturated rings. The minimum atomic E-state index is 0.508. The molecule has 1 heteroatoms. The molecule has 0 amide bonds. The Kier molecular flexibility index (Phi) is 3.42. The Morgan fingerprint density at radius 3 is 2.63 bits per heavy atom. The van der Waals surface area contributed by atoms with Gasteiger partial charge in [-0.2, -0.15) is 0 Å². The van der Waals surface area contributed by atoms with Gasteiger partial charge in [0.2, 0.25) is 0 Å². The lowest BCUT2D eigenvalue weighted by molar-refractivity contribution is 0.202. The van der Waals surface area contributed by atoms with Crippen LogP contribution in [0.4, 0.5) is 0 Å². The third-order valence-electron chi connectivity index (χ3n) is 5.35. The monoisotopic (exact) mass is 257 g/mol. The average Bonchev–Trinajstić information content (AvgIpc) is 2.62. The topological polar surface area (TPSA) is 12.0 Å². The predicted octanol–water partition coefficient (Wildman–Crippen LogP) is 4.41. The Balaban J connectivity index is 1.53. The van der Waals surface area contributed by atoms with Crippen LogP contribution < -0.4 is 5.32 Å². The smallest absolute Gasteiger partial charge is 0.0121 e. The highest BCUT2D eigenvalue weighted by Crippen LogP contribution is 2.41. The van der Waals surface area contributed by atoms with E-state index in [0.717, 1.165) is 18.0 Å². The fraction of sp³-hybridized carbons (Fsp3) is 0.667. The summed E-state index contributed by atoms with van der Waals surface area (Å²) in [4.78, 5) is 0. The summed E-state index contributed by atoms with van der Waals surface area (Å²) in [6, 6.07) is 10.6. The van der Waals surface area contributed by atoms with Crippen LogP contribution in [0.1, 0.15) is 63.0 Å². The van der Waals surface area contributed by atoms with E-state index in [4.69, 9.17) is 0 Å². The van der Waals surface area contributed by atoms with Gasteiger partial charge in [-0.15, -0.1) is 0 Å². The molecule has 0 bridgehead atoms. The molecule has 2 saturated carbocycles. The molecule has 0 aromatic heterocycles. The van der Waals surface area contributed by atoms with E-state index < -0.39 is 0 Å².